The van der Waals surface area contributed by atoms with Crippen molar-refractivity contribution in [3.8, 4) is 0 Å². The molecule has 0 heterocycles. The van der Waals surface area contributed by atoms with E-state index in [9.17, 15) is 0 Å². The van der Waals surface area contributed by atoms with Crippen LogP contribution in [0.2, 0.25) is 0 Å². The van der Waals surface area contributed by atoms with Crippen molar-refractivity contribution in [3.63, 3.8) is 0 Å². The smallest absolute Gasteiger partial charge is 0.0196 e. The highest BCUT2D eigenvalue weighted by Gasteiger charge is 2.30. The summed E-state index contributed by atoms with van der Waals surface area (Å²) in [7, 11) is 0. The van der Waals surface area contributed by atoms with Gasteiger partial charge in [0.15, 0.2) is 0 Å². The van der Waals surface area contributed by atoms with Gasteiger partial charge in [-0.05, 0) is 55.2 Å². The molecule has 3 rings (SSSR count). The second-order valence-corrected chi connectivity index (χ2v) is 4.71. The minimum absolute atomic E-state index is 0.986. The number of hydrogen-bond acceptors (Lipinski definition) is 0. The highest BCUT2D eigenvalue weighted by molar-refractivity contribution is 5.74. The molecule has 2 aliphatic carbocycles. The summed E-state index contributed by atoms with van der Waals surface area (Å²) in [5, 5.41) is 0. The average molecular weight is 184 g/mol. The molecule has 1 saturated carbocycles. The molecule has 0 amide bonds. The highest BCUT2D eigenvalue weighted by atomic mass is 14.4. The van der Waals surface area contributed by atoms with Gasteiger partial charge in [-0.1, -0.05) is 29.8 Å². The Morgan fingerprint density at radius 2 is 2.00 bits per heavy atom. The molecule has 0 aromatic heterocycles. The fraction of sp³-hybridized carbons (Fsp3) is 0.429. The van der Waals surface area contributed by atoms with E-state index in [0.717, 1.165) is 5.92 Å². The first-order chi connectivity index (χ1) is 6.84. The van der Waals surface area contributed by atoms with Gasteiger partial charge in [0.2, 0.25) is 0 Å². The lowest BCUT2D eigenvalue weighted by Crippen LogP contribution is -1.95. The van der Waals surface area contributed by atoms with Crippen LogP contribution in [0.25, 0.3) is 5.57 Å². The lowest BCUT2D eigenvalue weighted by molar-refractivity contribution is 0.582. The molecule has 0 heteroatoms. The molecule has 2 aliphatic rings. The third kappa shape index (κ3) is 1.13. The fourth-order valence-corrected chi connectivity index (χ4v) is 3.02. The zero-order chi connectivity index (χ0) is 9.54. The Kier molecular flexibility index (Phi) is 1.76. The van der Waals surface area contributed by atoms with E-state index in [2.05, 4.69) is 31.2 Å². The van der Waals surface area contributed by atoms with E-state index in [4.69, 9.17) is 0 Å². The summed E-state index contributed by atoms with van der Waals surface area (Å²) < 4.78 is 0. The predicted octanol–water partition coefficient (Wildman–Crippen LogP) is 3.95. The normalized spacial score (nSPS) is 24.8. The molecular weight excluding hydrogens is 168 g/mol. The van der Waals surface area contributed by atoms with Gasteiger partial charge in [-0.3, -0.25) is 0 Å². The summed E-state index contributed by atoms with van der Waals surface area (Å²) in [6.07, 6.45) is 5.56. The summed E-state index contributed by atoms with van der Waals surface area (Å²) in [5.41, 5.74) is 6.40. The number of rotatable bonds is 1. The minimum atomic E-state index is 0.986. The van der Waals surface area contributed by atoms with Crippen molar-refractivity contribution < 1.29 is 0 Å². The standard InChI is InChI=1S/C14H16/c1-10-4-2-3-5-13(10)14-9-11-6-7-12(14)8-11/h2-5,11H,6-9H2,1H3. The molecule has 1 atom stereocenters. The van der Waals surface area contributed by atoms with E-state index >= 15 is 0 Å². The molecule has 0 spiro atoms. The van der Waals surface area contributed by atoms with Crippen molar-refractivity contribution in [3.05, 3.63) is 41.0 Å². The molecule has 0 saturated heterocycles. The van der Waals surface area contributed by atoms with Gasteiger partial charge in [0.05, 0.1) is 0 Å². The first-order valence-corrected chi connectivity index (χ1v) is 5.61. The van der Waals surface area contributed by atoms with Crippen LogP contribution >= 0.6 is 0 Å². The van der Waals surface area contributed by atoms with Crippen LogP contribution in [-0.4, -0.2) is 0 Å². The molecule has 1 aromatic rings. The molecule has 2 bridgehead atoms. The van der Waals surface area contributed by atoms with E-state index in [0.29, 0.717) is 0 Å². The lowest BCUT2D eigenvalue weighted by Gasteiger charge is -2.14. The second kappa shape index (κ2) is 2.98. The molecule has 72 valence electrons. The summed E-state index contributed by atoms with van der Waals surface area (Å²) in [4.78, 5) is 0. The van der Waals surface area contributed by atoms with Crippen LogP contribution in [-0.2, 0) is 0 Å². The molecule has 0 aliphatic heterocycles. The van der Waals surface area contributed by atoms with E-state index in [1.165, 1.54) is 36.8 Å². The molecule has 1 fully saturated rings. The Balaban J connectivity index is 2.08. The molecule has 0 N–H and O–H groups in total. The maximum atomic E-state index is 2.29. The zero-order valence-electron chi connectivity index (χ0n) is 8.72. The molecule has 0 radical (unpaired) electrons. The average Bonchev–Trinajstić information content (AvgIpc) is 2.79. The first kappa shape index (κ1) is 8.28. The van der Waals surface area contributed by atoms with Gasteiger partial charge in [-0.25, -0.2) is 0 Å². The van der Waals surface area contributed by atoms with Crippen LogP contribution in [0.3, 0.4) is 0 Å². The quantitative estimate of drug-likeness (QED) is 0.620. The minimum Gasteiger partial charge on any atom is -0.0661 e. The summed E-state index contributed by atoms with van der Waals surface area (Å²) in [6.45, 7) is 2.23. The highest BCUT2D eigenvalue weighted by Crippen LogP contribution is 2.48. The van der Waals surface area contributed by atoms with E-state index in [1.807, 2.05) is 0 Å². The summed E-state index contributed by atoms with van der Waals surface area (Å²) >= 11 is 0. The van der Waals surface area contributed by atoms with Crippen molar-refractivity contribution in [2.24, 2.45) is 5.92 Å². The predicted molar refractivity (Wildman–Crippen MR) is 60.1 cm³/mol. The lowest BCUT2D eigenvalue weighted by atomic mass is 9.91. The third-order valence-electron chi connectivity index (χ3n) is 3.78. The molecule has 0 nitrogen and oxygen atoms in total. The molecule has 14 heavy (non-hydrogen) atoms. The SMILES string of the molecule is Cc1ccccc1C1=C2CCC(C2)C1. The number of aryl methyl sites for hydroxylation is 1. The van der Waals surface area contributed by atoms with Crippen LogP contribution in [0.15, 0.2) is 29.8 Å². The maximum Gasteiger partial charge on any atom is -0.0196 e. The number of allylic oxidation sites excluding steroid dienone is 2. The molecular formula is C14H16. The van der Waals surface area contributed by atoms with Gasteiger partial charge in [0.25, 0.3) is 0 Å². The number of benzene rings is 1. The van der Waals surface area contributed by atoms with Crippen molar-refractivity contribution >= 4 is 5.57 Å². The largest absolute Gasteiger partial charge is 0.0661 e. The van der Waals surface area contributed by atoms with Crippen LogP contribution in [0.5, 0.6) is 0 Å². The van der Waals surface area contributed by atoms with E-state index < -0.39 is 0 Å². The molecule has 1 aromatic carbocycles. The zero-order valence-corrected chi connectivity index (χ0v) is 8.72. The van der Waals surface area contributed by atoms with Crippen LogP contribution in [0.1, 0.15) is 36.8 Å². The van der Waals surface area contributed by atoms with Gasteiger partial charge < -0.3 is 0 Å². The molecule has 1 unspecified atom stereocenters. The Morgan fingerprint density at radius 1 is 1.14 bits per heavy atom. The van der Waals surface area contributed by atoms with Crippen molar-refractivity contribution in [2.45, 2.75) is 32.6 Å². The van der Waals surface area contributed by atoms with E-state index in [1.54, 1.807) is 11.1 Å². The van der Waals surface area contributed by atoms with Gasteiger partial charge in [-0.15, -0.1) is 0 Å². The Bertz CT molecular complexity index is 398. The van der Waals surface area contributed by atoms with Crippen molar-refractivity contribution in [1.29, 1.82) is 0 Å². The summed E-state index contributed by atoms with van der Waals surface area (Å²) in [5.74, 6) is 0.986. The van der Waals surface area contributed by atoms with Gasteiger partial charge in [0.1, 0.15) is 0 Å². The van der Waals surface area contributed by atoms with Gasteiger partial charge in [0, 0.05) is 0 Å². The van der Waals surface area contributed by atoms with Crippen molar-refractivity contribution in [1.82, 2.24) is 0 Å². The van der Waals surface area contributed by atoms with Crippen LogP contribution < -0.4 is 0 Å². The van der Waals surface area contributed by atoms with Crippen LogP contribution in [0, 0.1) is 12.8 Å². The Morgan fingerprint density at radius 3 is 2.64 bits per heavy atom. The van der Waals surface area contributed by atoms with E-state index in [-0.39, 0.29) is 0 Å². The Hall–Kier alpha value is -1.04. The monoisotopic (exact) mass is 184 g/mol. The van der Waals surface area contributed by atoms with Crippen molar-refractivity contribution in [2.75, 3.05) is 0 Å². The van der Waals surface area contributed by atoms with Gasteiger partial charge >= 0.3 is 0 Å². The summed E-state index contributed by atoms with van der Waals surface area (Å²) in [6, 6.07) is 8.83. The number of fused-ring (bicyclic) bond motifs is 2. The third-order valence-corrected chi connectivity index (χ3v) is 3.78. The Labute approximate surface area is 85.6 Å². The topological polar surface area (TPSA) is 0 Å². The van der Waals surface area contributed by atoms with Gasteiger partial charge in [-0.2, -0.15) is 0 Å². The maximum absolute atomic E-state index is 2.29. The fourth-order valence-electron chi connectivity index (χ4n) is 3.02. The number of hydrogen-bond donors (Lipinski definition) is 0. The van der Waals surface area contributed by atoms with Crippen LogP contribution in [0.4, 0.5) is 0 Å². The second-order valence-electron chi connectivity index (χ2n) is 4.71. The first-order valence-electron chi connectivity index (χ1n) is 5.61.